The van der Waals surface area contributed by atoms with Gasteiger partial charge >= 0.3 is 5.97 Å². The van der Waals surface area contributed by atoms with E-state index in [9.17, 15) is 4.79 Å². The average molecular weight is 243 g/mol. The van der Waals surface area contributed by atoms with E-state index in [0.29, 0.717) is 13.2 Å². The summed E-state index contributed by atoms with van der Waals surface area (Å²) in [6.07, 6.45) is 2.70. The van der Waals surface area contributed by atoms with Gasteiger partial charge < -0.3 is 19.5 Å². The molecule has 0 aromatic rings. The first-order valence-corrected chi connectivity index (χ1v) is 6.40. The van der Waals surface area contributed by atoms with Gasteiger partial charge in [0.1, 0.15) is 0 Å². The molecule has 1 N–H and O–H groups in total. The van der Waals surface area contributed by atoms with Gasteiger partial charge in [-0.3, -0.25) is 4.79 Å². The van der Waals surface area contributed by atoms with Gasteiger partial charge in [-0.1, -0.05) is 6.92 Å². The number of nitrogens with one attached hydrogen (secondary N) is 1. The van der Waals surface area contributed by atoms with Crippen molar-refractivity contribution in [2.75, 3.05) is 26.3 Å². The normalized spacial score (nSPS) is 31.1. The van der Waals surface area contributed by atoms with Crippen LogP contribution in [-0.4, -0.2) is 44.7 Å². The number of ether oxygens (including phenoxy) is 3. The Morgan fingerprint density at radius 2 is 2.35 bits per heavy atom. The standard InChI is InChI=1S/C12H21NO4/c1-9(7-10-3-2-5-15-10)12(14)17-11-8-13-4-6-16-11/h9-11,13H,2-8H2,1H3. The van der Waals surface area contributed by atoms with Crippen LogP contribution in [0.15, 0.2) is 0 Å². The second kappa shape index (κ2) is 6.33. The van der Waals surface area contributed by atoms with Gasteiger partial charge in [-0.15, -0.1) is 0 Å². The smallest absolute Gasteiger partial charge is 0.311 e. The zero-order chi connectivity index (χ0) is 12.1. The fourth-order valence-corrected chi connectivity index (χ4v) is 2.18. The van der Waals surface area contributed by atoms with E-state index in [1.54, 1.807) is 0 Å². The maximum atomic E-state index is 11.8. The van der Waals surface area contributed by atoms with E-state index in [1.807, 2.05) is 6.92 Å². The van der Waals surface area contributed by atoms with Gasteiger partial charge in [0.2, 0.25) is 6.29 Å². The van der Waals surface area contributed by atoms with Crippen LogP contribution >= 0.6 is 0 Å². The molecule has 2 rings (SSSR count). The van der Waals surface area contributed by atoms with Crippen LogP contribution in [0.5, 0.6) is 0 Å². The van der Waals surface area contributed by atoms with Crippen LogP contribution in [0, 0.1) is 5.92 Å². The van der Waals surface area contributed by atoms with Gasteiger partial charge in [-0.25, -0.2) is 0 Å². The van der Waals surface area contributed by atoms with Gasteiger partial charge in [0.05, 0.1) is 25.2 Å². The predicted molar refractivity (Wildman–Crippen MR) is 61.5 cm³/mol. The molecule has 0 aromatic carbocycles. The zero-order valence-corrected chi connectivity index (χ0v) is 10.3. The Morgan fingerprint density at radius 1 is 1.47 bits per heavy atom. The molecule has 0 spiro atoms. The van der Waals surface area contributed by atoms with E-state index in [0.717, 1.165) is 32.4 Å². The second-order valence-corrected chi connectivity index (χ2v) is 4.71. The lowest BCUT2D eigenvalue weighted by molar-refractivity contribution is -0.187. The number of carbonyl (C=O) groups excluding carboxylic acids is 1. The van der Waals surface area contributed by atoms with Crippen molar-refractivity contribution in [3.63, 3.8) is 0 Å². The van der Waals surface area contributed by atoms with Crippen LogP contribution in [0.1, 0.15) is 26.2 Å². The highest BCUT2D eigenvalue weighted by Crippen LogP contribution is 2.20. The number of hydrogen-bond donors (Lipinski definition) is 1. The van der Waals surface area contributed by atoms with E-state index in [4.69, 9.17) is 14.2 Å². The van der Waals surface area contributed by atoms with Crippen molar-refractivity contribution < 1.29 is 19.0 Å². The van der Waals surface area contributed by atoms with E-state index in [1.165, 1.54) is 0 Å². The van der Waals surface area contributed by atoms with Gasteiger partial charge in [0, 0.05) is 13.2 Å². The summed E-state index contributed by atoms with van der Waals surface area (Å²) in [5, 5.41) is 3.13. The Kier molecular flexibility index (Phi) is 4.76. The Bertz CT molecular complexity index is 247. The first-order chi connectivity index (χ1) is 8.25. The first kappa shape index (κ1) is 12.8. The van der Waals surface area contributed by atoms with Crippen molar-refractivity contribution >= 4 is 5.97 Å². The summed E-state index contributed by atoms with van der Waals surface area (Å²) in [5.74, 6) is -0.308. The molecule has 2 fully saturated rings. The molecule has 0 amide bonds. The molecule has 3 unspecified atom stereocenters. The van der Waals surface area contributed by atoms with Crippen LogP contribution in [0.2, 0.25) is 0 Å². The molecule has 2 aliphatic rings. The number of carbonyl (C=O) groups is 1. The largest absolute Gasteiger partial charge is 0.434 e. The maximum absolute atomic E-state index is 11.8. The lowest BCUT2D eigenvalue weighted by atomic mass is 10.0. The summed E-state index contributed by atoms with van der Waals surface area (Å²) in [6.45, 7) is 4.71. The molecule has 0 saturated carbocycles. The molecule has 98 valence electrons. The van der Waals surface area contributed by atoms with Crippen LogP contribution in [0.25, 0.3) is 0 Å². The van der Waals surface area contributed by atoms with Crippen LogP contribution in [-0.2, 0) is 19.0 Å². The van der Waals surface area contributed by atoms with Crippen molar-refractivity contribution in [1.82, 2.24) is 5.32 Å². The summed E-state index contributed by atoms with van der Waals surface area (Å²) in [5.41, 5.74) is 0. The Morgan fingerprint density at radius 3 is 3.00 bits per heavy atom. The molecule has 0 bridgehead atoms. The third kappa shape index (κ3) is 3.94. The van der Waals surface area contributed by atoms with Gasteiger partial charge in [0.15, 0.2) is 0 Å². The molecule has 5 heteroatoms. The molecule has 2 heterocycles. The van der Waals surface area contributed by atoms with E-state index in [2.05, 4.69) is 5.32 Å². The van der Waals surface area contributed by atoms with Gasteiger partial charge in [-0.2, -0.15) is 0 Å². The topological polar surface area (TPSA) is 56.8 Å². The molecule has 3 atom stereocenters. The minimum Gasteiger partial charge on any atom is -0.434 e. The zero-order valence-electron chi connectivity index (χ0n) is 10.3. The van der Waals surface area contributed by atoms with E-state index < -0.39 is 6.29 Å². The van der Waals surface area contributed by atoms with E-state index in [-0.39, 0.29) is 18.0 Å². The molecule has 2 aliphatic heterocycles. The molecule has 2 saturated heterocycles. The van der Waals surface area contributed by atoms with Crippen LogP contribution in [0.4, 0.5) is 0 Å². The molecule has 0 aliphatic carbocycles. The van der Waals surface area contributed by atoms with Crippen molar-refractivity contribution in [3.05, 3.63) is 0 Å². The summed E-state index contributed by atoms with van der Waals surface area (Å²) < 4.78 is 16.1. The Labute approximate surface area is 102 Å². The van der Waals surface area contributed by atoms with Gasteiger partial charge in [-0.05, 0) is 19.3 Å². The molecule has 0 aromatic heterocycles. The number of morpholine rings is 1. The second-order valence-electron chi connectivity index (χ2n) is 4.71. The summed E-state index contributed by atoms with van der Waals surface area (Å²) >= 11 is 0. The highest BCUT2D eigenvalue weighted by molar-refractivity contribution is 5.72. The van der Waals surface area contributed by atoms with E-state index >= 15 is 0 Å². The predicted octanol–water partition coefficient (Wildman–Crippen LogP) is 0.681. The fourth-order valence-electron chi connectivity index (χ4n) is 2.18. The molecule has 17 heavy (non-hydrogen) atoms. The monoisotopic (exact) mass is 243 g/mol. The van der Waals surface area contributed by atoms with Crippen molar-refractivity contribution in [2.24, 2.45) is 5.92 Å². The highest BCUT2D eigenvalue weighted by atomic mass is 16.7. The molecular weight excluding hydrogens is 222 g/mol. The third-order valence-corrected chi connectivity index (χ3v) is 3.18. The Balaban J connectivity index is 1.70. The Hall–Kier alpha value is -0.650. The number of hydrogen-bond acceptors (Lipinski definition) is 5. The summed E-state index contributed by atoms with van der Waals surface area (Å²) in [4.78, 5) is 11.8. The van der Waals surface area contributed by atoms with Crippen LogP contribution in [0.3, 0.4) is 0 Å². The molecule has 5 nitrogen and oxygen atoms in total. The lowest BCUT2D eigenvalue weighted by Gasteiger charge is -2.25. The molecular formula is C12H21NO4. The molecule has 0 radical (unpaired) electrons. The minimum absolute atomic E-state index is 0.122. The number of rotatable bonds is 4. The average Bonchev–Trinajstić information content (AvgIpc) is 2.83. The maximum Gasteiger partial charge on any atom is 0.311 e. The highest BCUT2D eigenvalue weighted by Gasteiger charge is 2.26. The quantitative estimate of drug-likeness (QED) is 0.736. The van der Waals surface area contributed by atoms with Gasteiger partial charge in [0.25, 0.3) is 0 Å². The minimum atomic E-state index is -0.428. The summed E-state index contributed by atoms with van der Waals surface area (Å²) in [7, 11) is 0. The van der Waals surface area contributed by atoms with Crippen molar-refractivity contribution in [2.45, 2.75) is 38.6 Å². The first-order valence-electron chi connectivity index (χ1n) is 6.40. The summed E-state index contributed by atoms with van der Waals surface area (Å²) in [6, 6.07) is 0. The van der Waals surface area contributed by atoms with Crippen LogP contribution < -0.4 is 5.32 Å². The third-order valence-electron chi connectivity index (χ3n) is 3.18. The lowest BCUT2D eigenvalue weighted by Crippen LogP contribution is -2.42. The van der Waals surface area contributed by atoms with Crippen molar-refractivity contribution in [3.8, 4) is 0 Å². The number of esters is 1. The SMILES string of the molecule is CC(CC1CCCO1)C(=O)OC1CNCCO1. The van der Waals surface area contributed by atoms with Crippen molar-refractivity contribution in [1.29, 1.82) is 0 Å². The fraction of sp³-hybridized carbons (Fsp3) is 0.917.